The summed E-state index contributed by atoms with van der Waals surface area (Å²) in [4.78, 5) is 12.8. The second kappa shape index (κ2) is 6.71. The van der Waals surface area contributed by atoms with Gasteiger partial charge in [0.15, 0.2) is 16.6 Å². The topological polar surface area (TPSA) is 61.8 Å². The summed E-state index contributed by atoms with van der Waals surface area (Å²) in [5.41, 5.74) is 1.63. The number of hydrogen-bond donors (Lipinski definition) is 0. The minimum Gasteiger partial charge on any atom is -0.490 e. The van der Waals surface area contributed by atoms with Crippen molar-refractivity contribution in [3.8, 4) is 11.5 Å². The van der Waals surface area contributed by atoms with E-state index in [1.807, 2.05) is 18.2 Å². The smallest absolute Gasteiger partial charge is 0.206 e. The largest absolute Gasteiger partial charge is 0.490 e. The molecule has 2 heterocycles. The summed E-state index contributed by atoms with van der Waals surface area (Å²) in [7, 11) is 1.52. The zero-order valence-electron chi connectivity index (χ0n) is 16.0. The van der Waals surface area contributed by atoms with Gasteiger partial charge in [-0.1, -0.05) is 36.4 Å². The third-order valence-corrected chi connectivity index (χ3v) is 5.02. The van der Waals surface area contributed by atoms with E-state index in [0.717, 1.165) is 10.9 Å². The molecular weight excluding hydrogens is 368 g/mol. The molecule has 0 fully saturated rings. The van der Waals surface area contributed by atoms with Crippen LogP contribution in [0.1, 0.15) is 11.3 Å². The van der Waals surface area contributed by atoms with E-state index in [1.165, 1.54) is 18.6 Å². The SMILES string of the molecule is COc1c2occc2c(OCc2ccc3ccccc3c2)c2c(=O)cc(C)oc12. The second-order valence-electron chi connectivity index (χ2n) is 6.92. The first kappa shape index (κ1) is 17.4. The van der Waals surface area contributed by atoms with Gasteiger partial charge >= 0.3 is 0 Å². The van der Waals surface area contributed by atoms with Gasteiger partial charge in [0.05, 0.1) is 18.8 Å². The number of fused-ring (bicyclic) bond motifs is 3. The van der Waals surface area contributed by atoms with E-state index in [4.69, 9.17) is 18.3 Å². The van der Waals surface area contributed by atoms with Crippen LogP contribution in [0, 0.1) is 6.92 Å². The van der Waals surface area contributed by atoms with Crippen LogP contribution in [0.5, 0.6) is 11.5 Å². The summed E-state index contributed by atoms with van der Waals surface area (Å²) >= 11 is 0. The van der Waals surface area contributed by atoms with Gasteiger partial charge in [0.25, 0.3) is 0 Å². The molecule has 0 aliphatic heterocycles. The van der Waals surface area contributed by atoms with Crippen LogP contribution in [0.2, 0.25) is 0 Å². The van der Waals surface area contributed by atoms with Gasteiger partial charge < -0.3 is 18.3 Å². The fourth-order valence-corrected chi connectivity index (χ4v) is 3.71. The lowest BCUT2D eigenvalue weighted by atomic mass is 10.1. The monoisotopic (exact) mass is 386 g/mol. The van der Waals surface area contributed by atoms with Crippen LogP contribution in [-0.2, 0) is 6.61 Å². The average molecular weight is 386 g/mol. The molecule has 5 nitrogen and oxygen atoms in total. The number of benzene rings is 3. The van der Waals surface area contributed by atoms with Crippen molar-refractivity contribution >= 4 is 32.7 Å². The number of aryl methyl sites for hydroxylation is 1. The Hall–Kier alpha value is -3.73. The Morgan fingerprint density at radius 1 is 0.931 bits per heavy atom. The van der Waals surface area contributed by atoms with Crippen LogP contribution in [0.3, 0.4) is 0 Å². The number of methoxy groups -OCH3 is 1. The third-order valence-electron chi connectivity index (χ3n) is 5.02. The van der Waals surface area contributed by atoms with E-state index in [2.05, 4.69) is 24.3 Å². The molecule has 0 N–H and O–H groups in total. The van der Waals surface area contributed by atoms with Crippen molar-refractivity contribution in [3.05, 3.63) is 82.4 Å². The maximum absolute atomic E-state index is 12.8. The normalized spacial score (nSPS) is 11.4. The molecule has 0 saturated carbocycles. The minimum absolute atomic E-state index is 0.182. The van der Waals surface area contributed by atoms with Gasteiger partial charge in [-0.2, -0.15) is 0 Å². The van der Waals surface area contributed by atoms with Crippen LogP contribution in [0.25, 0.3) is 32.7 Å². The molecule has 0 atom stereocenters. The summed E-state index contributed by atoms with van der Waals surface area (Å²) in [5, 5.41) is 3.32. The Morgan fingerprint density at radius 3 is 2.59 bits per heavy atom. The van der Waals surface area contributed by atoms with Crippen molar-refractivity contribution in [2.45, 2.75) is 13.5 Å². The van der Waals surface area contributed by atoms with Gasteiger partial charge in [0, 0.05) is 6.07 Å². The lowest BCUT2D eigenvalue weighted by Crippen LogP contribution is -2.06. The highest BCUT2D eigenvalue weighted by Gasteiger charge is 2.22. The van der Waals surface area contributed by atoms with Crippen molar-refractivity contribution in [1.82, 2.24) is 0 Å². The molecule has 5 aromatic rings. The lowest BCUT2D eigenvalue weighted by molar-refractivity contribution is 0.312. The Balaban J connectivity index is 1.66. The van der Waals surface area contributed by atoms with Crippen LogP contribution in [0.4, 0.5) is 0 Å². The summed E-state index contributed by atoms with van der Waals surface area (Å²) in [6.07, 6.45) is 1.55. The Kier molecular flexibility index (Phi) is 4.02. The molecule has 29 heavy (non-hydrogen) atoms. The van der Waals surface area contributed by atoms with Gasteiger partial charge in [0.1, 0.15) is 23.5 Å². The van der Waals surface area contributed by atoms with Gasteiger partial charge in [-0.3, -0.25) is 4.79 Å². The maximum atomic E-state index is 12.8. The van der Waals surface area contributed by atoms with Crippen molar-refractivity contribution in [2.24, 2.45) is 0 Å². The second-order valence-corrected chi connectivity index (χ2v) is 6.92. The Morgan fingerprint density at radius 2 is 1.76 bits per heavy atom. The van der Waals surface area contributed by atoms with E-state index in [-0.39, 0.29) is 5.43 Å². The van der Waals surface area contributed by atoms with E-state index in [0.29, 0.717) is 45.8 Å². The molecule has 0 amide bonds. The number of hydrogen-bond acceptors (Lipinski definition) is 5. The molecule has 0 unspecified atom stereocenters. The van der Waals surface area contributed by atoms with Crippen molar-refractivity contribution in [1.29, 1.82) is 0 Å². The number of rotatable bonds is 4. The first-order valence-electron chi connectivity index (χ1n) is 9.28. The molecular formula is C24H18O5. The lowest BCUT2D eigenvalue weighted by Gasteiger charge is -2.13. The molecule has 5 rings (SSSR count). The van der Waals surface area contributed by atoms with Crippen LogP contribution >= 0.6 is 0 Å². The minimum atomic E-state index is -0.182. The standard InChI is InChI=1S/C24H18O5/c1-14-11-19(25)20-21(18-9-10-27-22(18)24(26-2)23(20)29-14)28-13-15-7-8-16-5-3-4-6-17(16)12-15/h3-12H,13H2,1-2H3. The molecule has 2 aromatic heterocycles. The van der Waals surface area contributed by atoms with Crippen molar-refractivity contribution in [2.75, 3.05) is 7.11 Å². The van der Waals surface area contributed by atoms with Gasteiger partial charge in [-0.05, 0) is 35.4 Å². The van der Waals surface area contributed by atoms with Gasteiger partial charge in [-0.15, -0.1) is 0 Å². The van der Waals surface area contributed by atoms with Crippen LogP contribution in [0.15, 0.2) is 74.5 Å². The fourth-order valence-electron chi connectivity index (χ4n) is 3.71. The summed E-state index contributed by atoms with van der Waals surface area (Å²) in [6, 6.07) is 17.5. The Bertz CT molecular complexity index is 1420. The first-order chi connectivity index (χ1) is 14.2. The van der Waals surface area contributed by atoms with Crippen LogP contribution < -0.4 is 14.9 Å². The predicted octanol–water partition coefficient (Wildman–Crippen LogP) is 5.59. The predicted molar refractivity (Wildman–Crippen MR) is 112 cm³/mol. The molecule has 5 heteroatoms. The van der Waals surface area contributed by atoms with Crippen LogP contribution in [-0.4, -0.2) is 7.11 Å². The molecule has 3 aromatic carbocycles. The van der Waals surface area contributed by atoms with Gasteiger partial charge in [0.2, 0.25) is 5.75 Å². The molecule has 0 spiro atoms. The molecule has 0 saturated heterocycles. The van der Waals surface area contributed by atoms with Crippen molar-refractivity contribution < 1.29 is 18.3 Å². The van der Waals surface area contributed by atoms with E-state index in [1.54, 1.807) is 19.3 Å². The number of furan rings is 1. The quantitative estimate of drug-likeness (QED) is 0.403. The molecule has 0 aliphatic carbocycles. The summed E-state index contributed by atoms with van der Waals surface area (Å²) < 4.78 is 23.1. The molecule has 0 bridgehead atoms. The highest BCUT2D eigenvalue weighted by Crippen LogP contribution is 2.42. The average Bonchev–Trinajstić information content (AvgIpc) is 3.20. The highest BCUT2D eigenvalue weighted by molar-refractivity contribution is 6.06. The molecule has 0 aliphatic rings. The van der Waals surface area contributed by atoms with Gasteiger partial charge in [-0.25, -0.2) is 0 Å². The molecule has 144 valence electrons. The summed E-state index contributed by atoms with van der Waals surface area (Å²) in [6.45, 7) is 2.03. The Labute approximate surface area is 166 Å². The molecule has 0 radical (unpaired) electrons. The van der Waals surface area contributed by atoms with E-state index >= 15 is 0 Å². The van der Waals surface area contributed by atoms with E-state index in [9.17, 15) is 4.79 Å². The zero-order valence-corrected chi connectivity index (χ0v) is 16.0. The van der Waals surface area contributed by atoms with E-state index < -0.39 is 0 Å². The maximum Gasteiger partial charge on any atom is 0.206 e. The number of ether oxygens (including phenoxy) is 2. The fraction of sp³-hybridized carbons (Fsp3) is 0.125. The van der Waals surface area contributed by atoms with Crippen molar-refractivity contribution in [3.63, 3.8) is 0 Å². The highest BCUT2D eigenvalue weighted by atomic mass is 16.5. The zero-order chi connectivity index (χ0) is 20.0. The first-order valence-corrected chi connectivity index (χ1v) is 9.28. The summed E-state index contributed by atoms with van der Waals surface area (Å²) in [5.74, 6) is 1.32. The third kappa shape index (κ3) is 2.83.